The van der Waals surface area contributed by atoms with Crippen LogP contribution in [0.5, 0.6) is 0 Å². The van der Waals surface area contributed by atoms with E-state index in [1.54, 1.807) is 0 Å². The Morgan fingerprint density at radius 3 is 1.11 bits per heavy atom. The van der Waals surface area contributed by atoms with Crippen molar-refractivity contribution in [1.82, 2.24) is 9.13 Å². The monoisotopic (exact) mass is 712 g/mol. The van der Waals surface area contributed by atoms with Crippen molar-refractivity contribution in [3.05, 3.63) is 218 Å². The van der Waals surface area contributed by atoms with E-state index in [0.29, 0.717) is 0 Å². The summed E-state index contributed by atoms with van der Waals surface area (Å²) in [6.45, 7) is 0. The average Bonchev–Trinajstić information content (AvgIpc) is 3.80. The Kier molecular flexibility index (Phi) is 7.53. The second-order valence-electron chi connectivity index (χ2n) is 14.6. The highest BCUT2D eigenvalue weighted by atomic mass is 15.0. The standard InChI is InChI=1S/C54H36N2/c1-4-15-37(16-5-1)41-21-14-22-46(36-41)56-50-26-13-11-24-48(50)54-52(56)32-31-51-53(54)47-23-10-12-25-49(47)55(51)45-29-27-40(28-30-45)44-34-42(38-17-6-2-7-18-38)33-43(35-44)39-19-8-3-9-20-39/h1-36H. The first-order chi connectivity index (χ1) is 27.8. The molecule has 0 amide bonds. The molecule has 0 saturated heterocycles. The zero-order valence-electron chi connectivity index (χ0n) is 30.7. The van der Waals surface area contributed by atoms with Gasteiger partial charge in [0.25, 0.3) is 0 Å². The maximum Gasteiger partial charge on any atom is 0.0548 e. The molecular weight excluding hydrogens is 677 g/mol. The van der Waals surface area contributed by atoms with E-state index in [2.05, 4.69) is 228 Å². The molecule has 9 aromatic carbocycles. The fraction of sp³-hybridized carbons (Fsp3) is 0. The highest BCUT2D eigenvalue weighted by Gasteiger charge is 2.20. The Hall–Kier alpha value is -7.42. The van der Waals surface area contributed by atoms with Crippen LogP contribution in [0.1, 0.15) is 0 Å². The predicted molar refractivity (Wildman–Crippen MR) is 237 cm³/mol. The van der Waals surface area contributed by atoms with Crippen molar-refractivity contribution in [3.8, 4) is 55.9 Å². The summed E-state index contributed by atoms with van der Waals surface area (Å²) in [5.74, 6) is 0. The molecule has 0 aliphatic rings. The summed E-state index contributed by atoms with van der Waals surface area (Å²) in [6, 6.07) is 79.3. The fourth-order valence-corrected chi connectivity index (χ4v) is 8.72. The van der Waals surface area contributed by atoms with Gasteiger partial charge in [0.2, 0.25) is 0 Å². The first kappa shape index (κ1) is 32.0. The Morgan fingerprint density at radius 2 is 0.607 bits per heavy atom. The maximum atomic E-state index is 2.44. The van der Waals surface area contributed by atoms with Crippen LogP contribution in [0.4, 0.5) is 0 Å². The zero-order valence-corrected chi connectivity index (χ0v) is 30.7. The van der Waals surface area contributed by atoms with Crippen molar-refractivity contribution in [2.24, 2.45) is 0 Å². The third kappa shape index (κ3) is 5.26. The quantitative estimate of drug-likeness (QED) is 0.162. The molecule has 11 aromatic rings. The lowest BCUT2D eigenvalue weighted by Gasteiger charge is -2.13. The van der Waals surface area contributed by atoms with E-state index in [1.165, 1.54) is 88.1 Å². The van der Waals surface area contributed by atoms with Crippen molar-refractivity contribution >= 4 is 43.6 Å². The summed E-state index contributed by atoms with van der Waals surface area (Å²) in [6.07, 6.45) is 0. The second-order valence-corrected chi connectivity index (χ2v) is 14.6. The maximum absolute atomic E-state index is 2.44. The normalized spacial score (nSPS) is 11.6. The third-order valence-electron chi connectivity index (χ3n) is 11.3. The lowest BCUT2D eigenvalue weighted by molar-refractivity contribution is 1.17. The summed E-state index contributed by atoms with van der Waals surface area (Å²) in [4.78, 5) is 0. The molecule has 0 N–H and O–H groups in total. The molecule has 0 bridgehead atoms. The minimum absolute atomic E-state index is 1.14. The van der Waals surface area contributed by atoms with Crippen molar-refractivity contribution < 1.29 is 0 Å². The van der Waals surface area contributed by atoms with E-state index in [4.69, 9.17) is 0 Å². The van der Waals surface area contributed by atoms with Gasteiger partial charge in [-0.3, -0.25) is 0 Å². The van der Waals surface area contributed by atoms with E-state index < -0.39 is 0 Å². The molecule has 0 atom stereocenters. The molecule has 2 heterocycles. The summed E-state index contributed by atoms with van der Waals surface area (Å²) < 4.78 is 4.87. The van der Waals surface area contributed by atoms with Crippen LogP contribution in [0.25, 0.3) is 99.5 Å². The molecule has 0 fully saturated rings. The van der Waals surface area contributed by atoms with Gasteiger partial charge in [0, 0.05) is 32.9 Å². The van der Waals surface area contributed by atoms with Crippen LogP contribution < -0.4 is 0 Å². The number of aromatic nitrogens is 2. The van der Waals surface area contributed by atoms with E-state index >= 15 is 0 Å². The number of benzene rings is 9. The van der Waals surface area contributed by atoms with E-state index in [1.807, 2.05) is 0 Å². The van der Waals surface area contributed by atoms with Crippen LogP contribution in [0.15, 0.2) is 218 Å². The molecule has 0 aliphatic heterocycles. The summed E-state index contributed by atoms with van der Waals surface area (Å²) in [7, 11) is 0. The van der Waals surface area contributed by atoms with Gasteiger partial charge in [-0.1, -0.05) is 152 Å². The van der Waals surface area contributed by atoms with Gasteiger partial charge < -0.3 is 9.13 Å². The minimum Gasteiger partial charge on any atom is -0.309 e. The molecule has 0 saturated carbocycles. The number of hydrogen-bond acceptors (Lipinski definition) is 0. The molecule has 0 spiro atoms. The molecule has 262 valence electrons. The van der Waals surface area contributed by atoms with Crippen LogP contribution in [-0.2, 0) is 0 Å². The van der Waals surface area contributed by atoms with E-state index in [0.717, 1.165) is 11.4 Å². The first-order valence-corrected chi connectivity index (χ1v) is 19.3. The zero-order chi connectivity index (χ0) is 37.0. The lowest BCUT2D eigenvalue weighted by Crippen LogP contribution is -1.95. The van der Waals surface area contributed by atoms with E-state index in [9.17, 15) is 0 Å². The molecular formula is C54H36N2. The van der Waals surface area contributed by atoms with Crippen molar-refractivity contribution in [2.75, 3.05) is 0 Å². The number of fused-ring (bicyclic) bond motifs is 7. The van der Waals surface area contributed by atoms with Crippen molar-refractivity contribution in [1.29, 1.82) is 0 Å². The Morgan fingerprint density at radius 1 is 0.214 bits per heavy atom. The molecule has 0 unspecified atom stereocenters. The van der Waals surface area contributed by atoms with Gasteiger partial charge in [-0.05, 0) is 111 Å². The minimum atomic E-state index is 1.14. The SMILES string of the molecule is c1ccc(-c2cc(-c3ccccc3)cc(-c3ccc(-n4c5ccccc5c5c6c7ccccc7n(-c7cccc(-c8ccccc8)c7)c6ccc54)cc3)c2)cc1. The largest absolute Gasteiger partial charge is 0.309 e. The van der Waals surface area contributed by atoms with Crippen LogP contribution >= 0.6 is 0 Å². The molecule has 0 aliphatic carbocycles. The van der Waals surface area contributed by atoms with Gasteiger partial charge in [-0.2, -0.15) is 0 Å². The molecule has 2 aromatic heterocycles. The Bertz CT molecular complexity index is 3150. The highest BCUT2D eigenvalue weighted by molar-refractivity contribution is 6.28. The van der Waals surface area contributed by atoms with Crippen LogP contribution in [-0.4, -0.2) is 9.13 Å². The highest BCUT2D eigenvalue weighted by Crippen LogP contribution is 2.43. The van der Waals surface area contributed by atoms with Gasteiger partial charge >= 0.3 is 0 Å². The van der Waals surface area contributed by atoms with Crippen LogP contribution in [0.2, 0.25) is 0 Å². The number of rotatable bonds is 6. The van der Waals surface area contributed by atoms with Gasteiger partial charge in [0.05, 0.1) is 22.1 Å². The summed E-state index contributed by atoms with van der Waals surface area (Å²) in [5, 5.41) is 5.06. The van der Waals surface area contributed by atoms with Crippen molar-refractivity contribution in [2.45, 2.75) is 0 Å². The number of nitrogens with zero attached hydrogens (tertiary/aromatic N) is 2. The Labute approximate surface area is 325 Å². The summed E-state index contributed by atoms with van der Waals surface area (Å²) in [5.41, 5.74) is 16.8. The molecule has 11 rings (SSSR count). The fourth-order valence-electron chi connectivity index (χ4n) is 8.72. The summed E-state index contributed by atoms with van der Waals surface area (Å²) >= 11 is 0. The topological polar surface area (TPSA) is 9.86 Å². The predicted octanol–water partition coefficient (Wildman–Crippen LogP) is 14.5. The molecule has 0 radical (unpaired) electrons. The van der Waals surface area contributed by atoms with Crippen LogP contribution in [0, 0.1) is 0 Å². The third-order valence-corrected chi connectivity index (χ3v) is 11.3. The first-order valence-electron chi connectivity index (χ1n) is 19.3. The molecule has 56 heavy (non-hydrogen) atoms. The molecule has 2 heteroatoms. The smallest absolute Gasteiger partial charge is 0.0548 e. The van der Waals surface area contributed by atoms with Crippen LogP contribution in [0.3, 0.4) is 0 Å². The lowest BCUT2D eigenvalue weighted by atomic mass is 9.93. The van der Waals surface area contributed by atoms with Crippen molar-refractivity contribution in [3.63, 3.8) is 0 Å². The van der Waals surface area contributed by atoms with E-state index in [-0.39, 0.29) is 0 Å². The van der Waals surface area contributed by atoms with Gasteiger partial charge in [0.1, 0.15) is 0 Å². The number of hydrogen-bond donors (Lipinski definition) is 0. The second kappa shape index (κ2) is 13.2. The molecule has 2 nitrogen and oxygen atoms in total. The number of para-hydroxylation sites is 2. The van der Waals surface area contributed by atoms with Gasteiger partial charge in [-0.25, -0.2) is 0 Å². The van der Waals surface area contributed by atoms with Gasteiger partial charge in [-0.15, -0.1) is 0 Å². The average molecular weight is 713 g/mol. The Balaban J connectivity index is 1.08. The van der Waals surface area contributed by atoms with Gasteiger partial charge in [0.15, 0.2) is 0 Å².